The molecule has 0 bridgehead atoms. The van der Waals surface area contributed by atoms with E-state index in [1.807, 2.05) is 42.7 Å². The average Bonchev–Trinajstić information content (AvgIpc) is 3.12. The fourth-order valence-corrected chi connectivity index (χ4v) is 1.81. The smallest absolute Gasteiger partial charge is 0.115 e. The van der Waals surface area contributed by atoms with E-state index < -0.39 is 0 Å². The summed E-state index contributed by atoms with van der Waals surface area (Å²) < 4.78 is 3.54. The molecule has 3 rings (SSSR count). The van der Waals surface area contributed by atoms with E-state index in [9.17, 15) is 0 Å². The Labute approximate surface area is 110 Å². The summed E-state index contributed by atoms with van der Waals surface area (Å²) in [6.45, 7) is 1.20. The highest BCUT2D eigenvalue weighted by atomic mass is 15.5. The topological polar surface area (TPSA) is 64.7 Å². The van der Waals surface area contributed by atoms with Crippen LogP contribution in [-0.4, -0.2) is 30.0 Å². The first kappa shape index (κ1) is 11.4. The van der Waals surface area contributed by atoms with Crippen LogP contribution in [0.2, 0.25) is 0 Å². The van der Waals surface area contributed by atoms with Crippen LogP contribution in [0, 0.1) is 0 Å². The van der Waals surface area contributed by atoms with Gasteiger partial charge in [0.1, 0.15) is 13.3 Å². The molecule has 7 heteroatoms. The minimum atomic E-state index is 0.601. The predicted molar refractivity (Wildman–Crippen MR) is 69.0 cm³/mol. The molecular formula is C12H13N7. The molecule has 2 heterocycles. The van der Waals surface area contributed by atoms with Gasteiger partial charge in [-0.15, -0.1) is 10.2 Å². The summed E-state index contributed by atoms with van der Waals surface area (Å²) in [6.07, 6.45) is 6.99. The molecule has 3 aromatic rings. The van der Waals surface area contributed by atoms with Crippen molar-refractivity contribution < 1.29 is 0 Å². The Balaban J connectivity index is 1.83. The molecule has 0 aliphatic carbocycles. The van der Waals surface area contributed by atoms with Crippen LogP contribution in [0.3, 0.4) is 0 Å². The highest BCUT2D eigenvalue weighted by Crippen LogP contribution is 2.14. The lowest BCUT2D eigenvalue weighted by Gasteiger charge is -2.23. The first-order chi connectivity index (χ1) is 9.42. The molecular weight excluding hydrogens is 242 g/mol. The summed E-state index contributed by atoms with van der Waals surface area (Å²) in [4.78, 5) is 2.13. The van der Waals surface area contributed by atoms with Crippen molar-refractivity contribution in [2.45, 2.75) is 13.3 Å². The number of rotatable bonds is 5. The maximum atomic E-state index is 3.99. The van der Waals surface area contributed by atoms with Crippen molar-refractivity contribution in [2.75, 3.05) is 4.90 Å². The Bertz CT molecular complexity index is 552. The van der Waals surface area contributed by atoms with Gasteiger partial charge in [-0.3, -0.25) is 0 Å². The first-order valence-electron chi connectivity index (χ1n) is 5.90. The van der Waals surface area contributed by atoms with Crippen molar-refractivity contribution in [3.05, 3.63) is 55.1 Å². The Morgan fingerprint density at radius 2 is 1.42 bits per heavy atom. The van der Waals surface area contributed by atoms with Gasteiger partial charge in [0, 0.05) is 18.1 Å². The normalized spacial score (nSPS) is 10.5. The van der Waals surface area contributed by atoms with Gasteiger partial charge < -0.3 is 4.90 Å². The molecule has 0 fully saturated rings. The molecule has 1 aromatic carbocycles. The molecule has 0 amide bonds. The van der Waals surface area contributed by atoms with Crippen LogP contribution < -0.4 is 4.90 Å². The van der Waals surface area contributed by atoms with Crippen LogP contribution in [0.1, 0.15) is 0 Å². The third kappa shape index (κ3) is 2.76. The third-order valence-corrected chi connectivity index (χ3v) is 2.70. The highest BCUT2D eigenvalue weighted by Gasteiger charge is 2.08. The summed E-state index contributed by atoms with van der Waals surface area (Å²) in [6, 6.07) is 10.1. The Morgan fingerprint density at radius 1 is 0.842 bits per heavy atom. The molecule has 0 N–H and O–H groups in total. The minimum absolute atomic E-state index is 0.601. The lowest BCUT2D eigenvalue weighted by molar-refractivity contribution is 0.483. The molecule has 0 aliphatic rings. The van der Waals surface area contributed by atoms with Crippen LogP contribution in [0.4, 0.5) is 5.69 Å². The molecule has 0 unspecified atom stereocenters. The molecule has 0 radical (unpaired) electrons. The van der Waals surface area contributed by atoms with Crippen LogP contribution in [0.25, 0.3) is 0 Å². The molecule has 0 saturated heterocycles. The van der Waals surface area contributed by atoms with Gasteiger partial charge in [0.25, 0.3) is 0 Å². The van der Waals surface area contributed by atoms with Crippen molar-refractivity contribution in [1.29, 1.82) is 0 Å². The Morgan fingerprint density at radius 3 is 1.89 bits per heavy atom. The van der Waals surface area contributed by atoms with Gasteiger partial charge in [-0.25, -0.2) is 9.36 Å². The van der Waals surface area contributed by atoms with E-state index in [-0.39, 0.29) is 0 Å². The lowest BCUT2D eigenvalue weighted by Crippen LogP contribution is -2.29. The zero-order valence-electron chi connectivity index (χ0n) is 10.2. The molecule has 2 aromatic heterocycles. The predicted octanol–water partition coefficient (Wildman–Crippen LogP) is 0.991. The van der Waals surface area contributed by atoms with Crippen molar-refractivity contribution in [3.63, 3.8) is 0 Å². The second-order valence-electron chi connectivity index (χ2n) is 4.04. The number of aromatic nitrogens is 6. The summed E-state index contributed by atoms with van der Waals surface area (Å²) in [7, 11) is 0. The van der Waals surface area contributed by atoms with Gasteiger partial charge in [-0.2, -0.15) is 0 Å². The maximum Gasteiger partial charge on any atom is 0.115 e. The van der Waals surface area contributed by atoms with Crippen molar-refractivity contribution in [1.82, 2.24) is 30.0 Å². The highest BCUT2D eigenvalue weighted by molar-refractivity contribution is 5.44. The first-order valence-corrected chi connectivity index (χ1v) is 5.90. The SMILES string of the molecule is c1ccc(N(Cn2ccnn2)Cn2ccnn2)cc1. The summed E-state index contributed by atoms with van der Waals surface area (Å²) >= 11 is 0. The van der Waals surface area contributed by atoms with Gasteiger partial charge in [0.05, 0.1) is 12.4 Å². The van der Waals surface area contributed by atoms with E-state index in [1.54, 1.807) is 21.8 Å². The number of hydrogen-bond donors (Lipinski definition) is 0. The fraction of sp³-hybridized carbons (Fsp3) is 0.167. The van der Waals surface area contributed by atoms with Crippen molar-refractivity contribution >= 4 is 5.69 Å². The van der Waals surface area contributed by atoms with Gasteiger partial charge in [0.2, 0.25) is 0 Å². The van der Waals surface area contributed by atoms with E-state index in [2.05, 4.69) is 25.5 Å². The van der Waals surface area contributed by atoms with E-state index in [4.69, 9.17) is 0 Å². The van der Waals surface area contributed by atoms with Crippen molar-refractivity contribution in [3.8, 4) is 0 Å². The lowest BCUT2D eigenvalue weighted by atomic mass is 10.3. The molecule has 0 saturated carbocycles. The van der Waals surface area contributed by atoms with Crippen LogP contribution in [-0.2, 0) is 13.3 Å². The second-order valence-corrected chi connectivity index (χ2v) is 4.04. The van der Waals surface area contributed by atoms with Gasteiger partial charge in [-0.1, -0.05) is 28.6 Å². The third-order valence-electron chi connectivity index (χ3n) is 2.70. The molecule has 96 valence electrons. The zero-order chi connectivity index (χ0) is 12.9. The number of para-hydroxylation sites is 1. The molecule has 0 spiro atoms. The number of nitrogens with zero attached hydrogens (tertiary/aromatic N) is 7. The van der Waals surface area contributed by atoms with Crippen LogP contribution in [0.15, 0.2) is 55.1 Å². The summed E-state index contributed by atoms with van der Waals surface area (Å²) in [5, 5.41) is 15.6. The zero-order valence-corrected chi connectivity index (χ0v) is 10.2. The van der Waals surface area contributed by atoms with Gasteiger partial charge in [-0.05, 0) is 12.1 Å². The average molecular weight is 255 g/mol. The van der Waals surface area contributed by atoms with E-state index >= 15 is 0 Å². The van der Waals surface area contributed by atoms with Crippen LogP contribution in [0.5, 0.6) is 0 Å². The van der Waals surface area contributed by atoms with Gasteiger partial charge >= 0.3 is 0 Å². The van der Waals surface area contributed by atoms with Gasteiger partial charge in [0.15, 0.2) is 0 Å². The van der Waals surface area contributed by atoms with E-state index in [1.165, 1.54) is 0 Å². The molecule has 0 atom stereocenters. The number of anilines is 1. The fourth-order valence-electron chi connectivity index (χ4n) is 1.81. The Hall–Kier alpha value is -2.70. The summed E-state index contributed by atoms with van der Waals surface area (Å²) in [5.41, 5.74) is 1.09. The minimum Gasteiger partial charge on any atom is -0.332 e. The second kappa shape index (κ2) is 5.30. The van der Waals surface area contributed by atoms with E-state index in [0.717, 1.165) is 5.69 Å². The number of hydrogen-bond acceptors (Lipinski definition) is 5. The molecule has 0 aliphatic heterocycles. The Kier molecular flexibility index (Phi) is 3.18. The maximum absolute atomic E-state index is 3.99. The summed E-state index contributed by atoms with van der Waals surface area (Å²) in [5.74, 6) is 0. The van der Waals surface area contributed by atoms with Crippen molar-refractivity contribution in [2.24, 2.45) is 0 Å². The molecule has 19 heavy (non-hydrogen) atoms. The largest absolute Gasteiger partial charge is 0.332 e. The van der Waals surface area contributed by atoms with E-state index in [0.29, 0.717) is 13.3 Å². The van der Waals surface area contributed by atoms with Crippen LogP contribution >= 0.6 is 0 Å². The molecule has 7 nitrogen and oxygen atoms in total. The monoisotopic (exact) mass is 255 g/mol. The quantitative estimate of drug-likeness (QED) is 0.680. The standard InChI is InChI=1S/C12H13N7/c1-2-4-12(5-3-1)17(10-18-8-6-13-15-18)11-19-9-7-14-16-19/h1-9H,10-11H2. The number of benzene rings is 1.